The van der Waals surface area contributed by atoms with Crippen molar-refractivity contribution in [3.8, 4) is 0 Å². The molecule has 116 valence electrons. The molecule has 2 saturated heterocycles. The third-order valence-electron chi connectivity index (χ3n) is 3.56. The first-order valence-electron chi connectivity index (χ1n) is 6.61. The maximum Gasteiger partial charge on any atom is 0.332 e. The number of imide groups is 1. The number of hydrogen-bond donors (Lipinski definition) is 3. The number of carbonyl (C=O) groups excluding carboxylic acids is 3. The van der Waals surface area contributed by atoms with E-state index >= 15 is 0 Å². The third kappa shape index (κ3) is 3.48. The number of aliphatic carboxylic acids is 1. The Balaban J connectivity index is 1.73. The summed E-state index contributed by atoms with van der Waals surface area (Å²) in [5.74, 6) is -1.80. The molecule has 0 spiro atoms. The van der Waals surface area contributed by atoms with Gasteiger partial charge in [-0.2, -0.15) is 0 Å². The van der Waals surface area contributed by atoms with Gasteiger partial charge in [-0.1, -0.05) is 0 Å². The summed E-state index contributed by atoms with van der Waals surface area (Å²) in [6.45, 7) is 0.153. The molecule has 0 aromatic heterocycles. The fourth-order valence-corrected chi connectivity index (χ4v) is 2.32. The molecule has 2 aliphatic rings. The van der Waals surface area contributed by atoms with Gasteiger partial charge in [0.2, 0.25) is 5.91 Å². The molecular weight excluding hydrogens is 282 g/mol. The van der Waals surface area contributed by atoms with E-state index in [0.29, 0.717) is 12.8 Å². The van der Waals surface area contributed by atoms with E-state index in [9.17, 15) is 19.2 Å². The minimum absolute atomic E-state index is 0.0518. The zero-order valence-corrected chi connectivity index (χ0v) is 11.5. The van der Waals surface area contributed by atoms with Gasteiger partial charge in [-0.15, -0.1) is 0 Å². The van der Waals surface area contributed by atoms with Gasteiger partial charge in [0.1, 0.15) is 6.04 Å². The van der Waals surface area contributed by atoms with Crippen molar-refractivity contribution in [2.24, 2.45) is 0 Å². The van der Waals surface area contributed by atoms with Gasteiger partial charge in [-0.25, -0.2) is 9.59 Å². The van der Waals surface area contributed by atoms with Crippen LogP contribution in [0.5, 0.6) is 0 Å². The van der Waals surface area contributed by atoms with Gasteiger partial charge in [0.25, 0.3) is 5.91 Å². The Labute approximate surface area is 120 Å². The lowest BCUT2D eigenvalue weighted by atomic mass is 10.2. The molecule has 2 aliphatic heterocycles. The van der Waals surface area contributed by atoms with Crippen molar-refractivity contribution in [3.63, 3.8) is 0 Å². The number of likely N-dealkylation sites (N-methyl/N-ethyl adjacent to an activating group) is 1. The van der Waals surface area contributed by atoms with E-state index in [-0.39, 0.29) is 25.0 Å². The number of amides is 4. The number of urea groups is 1. The molecular formula is C12H17N3O6. The van der Waals surface area contributed by atoms with Crippen molar-refractivity contribution >= 4 is 23.8 Å². The summed E-state index contributed by atoms with van der Waals surface area (Å²) in [7, 11) is 1.36. The molecule has 4 amide bonds. The predicted molar refractivity (Wildman–Crippen MR) is 68.2 cm³/mol. The Bertz CT molecular complexity index is 480. The van der Waals surface area contributed by atoms with Crippen molar-refractivity contribution < 1.29 is 29.0 Å². The van der Waals surface area contributed by atoms with Gasteiger partial charge in [0.05, 0.1) is 12.5 Å². The van der Waals surface area contributed by atoms with Crippen LogP contribution in [-0.4, -0.2) is 65.7 Å². The second kappa shape index (κ2) is 6.08. The van der Waals surface area contributed by atoms with E-state index in [4.69, 9.17) is 9.84 Å². The molecule has 0 aliphatic carbocycles. The molecule has 2 fully saturated rings. The molecule has 2 heterocycles. The summed E-state index contributed by atoms with van der Waals surface area (Å²) in [6, 6.07) is -1.43. The summed E-state index contributed by atoms with van der Waals surface area (Å²) in [4.78, 5) is 46.2. The number of ether oxygens (including phenoxy) is 1. The lowest BCUT2D eigenvalue weighted by Gasteiger charge is -2.15. The van der Waals surface area contributed by atoms with Crippen LogP contribution < -0.4 is 10.6 Å². The van der Waals surface area contributed by atoms with Crippen LogP contribution in [0.1, 0.15) is 19.3 Å². The number of carboxylic acids is 1. The predicted octanol–water partition coefficient (Wildman–Crippen LogP) is -1.32. The zero-order chi connectivity index (χ0) is 15.6. The molecule has 3 N–H and O–H groups in total. The number of carbonyl (C=O) groups is 4. The van der Waals surface area contributed by atoms with Crippen LogP contribution in [0.25, 0.3) is 0 Å². The second-order valence-electron chi connectivity index (χ2n) is 5.06. The highest BCUT2D eigenvalue weighted by atomic mass is 16.5. The first kappa shape index (κ1) is 15.2. The quantitative estimate of drug-likeness (QED) is 0.553. The van der Waals surface area contributed by atoms with Gasteiger partial charge in [0.15, 0.2) is 6.10 Å². The Hall–Kier alpha value is -2.16. The average molecular weight is 299 g/mol. The molecule has 0 aromatic rings. The van der Waals surface area contributed by atoms with Gasteiger partial charge in [-0.05, 0) is 12.8 Å². The summed E-state index contributed by atoms with van der Waals surface area (Å²) >= 11 is 0. The average Bonchev–Trinajstić information content (AvgIpc) is 2.99. The van der Waals surface area contributed by atoms with E-state index in [1.54, 1.807) is 0 Å². The summed E-state index contributed by atoms with van der Waals surface area (Å²) in [5, 5.41) is 13.7. The summed E-state index contributed by atoms with van der Waals surface area (Å²) in [5.41, 5.74) is 0. The lowest BCUT2D eigenvalue weighted by molar-refractivity contribution is -0.149. The standard InChI is InChI=1S/C12H17N3O6/c1-15-9(16)4-7(10(15)17)14-12(20)13-5-6-2-3-8(21-6)11(18)19/h6-8H,2-5H2,1H3,(H,18,19)(H2,13,14,20). The van der Waals surface area contributed by atoms with Crippen LogP contribution >= 0.6 is 0 Å². The van der Waals surface area contributed by atoms with Crippen LogP contribution in [-0.2, 0) is 19.1 Å². The molecule has 0 aromatic carbocycles. The number of carboxylic acid groups (broad SMARTS) is 1. The zero-order valence-electron chi connectivity index (χ0n) is 11.5. The number of rotatable bonds is 4. The first-order chi connectivity index (χ1) is 9.88. The van der Waals surface area contributed by atoms with Crippen molar-refractivity contribution in [1.29, 1.82) is 0 Å². The second-order valence-corrected chi connectivity index (χ2v) is 5.06. The summed E-state index contributed by atoms with van der Waals surface area (Å²) < 4.78 is 5.23. The lowest BCUT2D eigenvalue weighted by Crippen LogP contribution is -2.47. The Morgan fingerprint density at radius 1 is 1.38 bits per heavy atom. The smallest absolute Gasteiger partial charge is 0.332 e. The summed E-state index contributed by atoms with van der Waals surface area (Å²) in [6.07, 6.45) is -0.295. The molecule has 3 atom stereocenters. The number of hydrogen-bond acceptors (Lipinski definition) is 5. The van der Waals surface area contributed by atoms with Gasteiger partial charge in [0, 0.05) is 13.6 Å². The maximum atomic E-state index is 11.7. The van der Waals surface area contributed by atoms with Crippen LogP contribution in [0.4, 0.5) is 4.79 Å². The fourth-order valence-electron chi connectivity index (χ4n) is 2.32. The SMILES string of the molecule is CN1C(=O)CC(NC(=O)NCC2CCC(C(=O)O)O2)C1=O. The molecule has 0 radical (unpaired) electrons. The molecule has 9 heteroatoms. The van der Waals surface area contributed by atoms with Crippen LogP contribution in [0, 0.1) is 0 Å². The molecule has 3 unspecified atom stereocenters. The maximum absolute atomic E-state index is 11.7. The van der Waals surface area contributed by atoms with E-state index in [1.165, 1.54) is 7.05 Å². The third-order valence-corrected chi connectivity index (χ3v) is 3.56. The van der Waals surface area contributed by atoms with Crippen molar-refractivity contribution in [2.45, 2.75) is 37.5 Å². The van der Waals surface area contributed by atoms with Crippen molar-refractivity contribution in [1.82, 2.24) is 15.5 Å². The van der Waals surface area contributed by atoms with Crippen LogP contribution in [0.2, 0.25) is 0 Å². The molecule has 9 nitrogen and oxygen atoms in total. The fraction of sp³-hybridized carbons (Fsp3) is 0.667. The van der Waals surface area contributed by atoms with E-state index in [1.807, 2.05) is 0 Å². The van der Waals surface area contributed by atoms with Gasteiger partial charge in [-0.3, -0.25) is 14.5 Å². The minimum Gasteiger partial charge on any atom is -0.479 e. The largest absolute Gasteiger partial charge is 0.479 e. The van der Waals surface area contributed by atoms with Crippen LogP contribution in [0.3, 0.4) is 0 Å². The Morgan fingerprint density at radius 3 is 2.62 bits per heavy atom. The van der Waals surface area contributed by atoms with E-state index < -0.39 is 30.1 Å². The Morgan fingerprint density at radius 2 is 2.10 bits per heavy atom. The first-order valence-corrected chi connectivity index (χ1v) is 6.61. The van der Waals surface area contributed by atoms with Gasteiger partial charge < -0.3 is 20.5 Å². The van der Waals surface area contributed by atoms with E-state index in [2.05, 4.69) is 10.6 Å². The highest BCUT2D eigenvalue weighted by Crippen LogP contribution is 2.19. The molecule has 0 saturated carbocycles. The monoisotopic (exact) mass is 299 g/mol. The molecule has 21 heavy (non-hydrogen) atoms. The number of likely N-dealkylation sites (tertiary alicyclic amines) is 1. The highest BCUT2D eigenvalue weighted by Gasteiger charge is 2.37. The Kier molecular flexibility index (Phi) is 4.41. The van der Waals surface area contributed by atoms with Gasteiger partial charge >= 0.3 is 12.0 Å². The molecule has 2 rings (SSSR count). The topological polar surface area (TPSA) is 125 Å². The minimum atomic E-state index is -1.01. The van der Waals surface area contributed by atoms with Crippen molar-refractivity contribution in [2.75, 3.05) is 13.6 Å². The van der Waals surface area contributed by atoms with Crippen LogP contribution in [0.15, 0.2) is 0 Å². The number of nitrogens with zero attached hydrogens (tertiary/aromatic N) is 1. The highest BCUT2D eigenvalue weighted by molar-refractivity contribution is 6.06. The molecule has 0 bridgehead atoms. The van der Waals surface area contributed by atoms with Crippen molar-refractivity contribution in [3.05, 3.63) is 0 Å². The number of nitrogens with one attached hydrogen (secondary N) is 2. The normalized spacial score (nSPS) is 28.8. The van der Waals surface area contributed by atoms with E-state index in [0.717, 1.165) is 4.90 Å².